The maximum Gasteiger partial charge on any atom is 0.274 e. The molecule has 0 aliphatic carbocycles. The Bertz CT molecular complexity index is 863. The van der Waals surface area contributed by atoms with Gasteiger partial charge >= 0.3 is 0 Å². The SMILES string of the molecule is CCc1ccc(NC(=O)c2ccnc(Nc3ccc(Cl)cc3)n2)cc1. The number of amides is 1. The van der Waals surface area contributed by atoms with Crippen LogP contribution in [0.1, 0.15) is 23.0 Å². The fourth-order valence-electron chi connectivity index (χ4n) is 2.23. The van der Waals surface area contributed by atoms with E-state index < -0.39 is 0 Å². The zero-order chi connectivity index (χ0) is 17.6. The highest BCUT2D eigenvalue weighted by molar-refractivity contribution is 6.30. The molecule has 3 aromatic rings. The molecule has 3 rings (SSSR count). The van der Waals surface area contributed by atoms with Crippen LogP contribution in [-0.4, -0.2) is 15.9 Å². The first-order chi connectivity index (χ1) is 12.1. The van der Waals surface area contributed by atoms with E-state index >= 15 is 0 Å². The molecular weight excluding hydrogens is 336 g/mol. The minimum absolute atomic E-state index is 0.283. The number of hydrogen-bond acceptors (Lipinski definition) is 4. The number of carbonyl (C=O) groups is 1. The predicted molar refractivity (Wildman–Crippen MR) is 101 cm³/mol. The minimum atomic E-state index is -0.286. The van der Waals surface area contributed by atoms with Crippen LogP contribution in [0.25, 0.3) is 0 Å². The first kappa shape index (κ1) is 16.9. The lowest BCUT2D eigenvalue weighted by Gasteiger charge is -2.08. The van der Waals surface area contributed by atoms with E-state index in [1.807, 2.05) is 36.4 Å². The van der Waals surface area contributed by atoms with Gasteiger partial charge in [0.2, 0.25) is 5.95 Å². The van der Waals surface area contributed by atoms with E-state index in [9.17, 15) is 4.79 Å². The third-order valence-corrected chi connectivity index (χ3v) is 3.86. The molecule has 0 bridgehead atoms. The van der Waals surface area contributed by atoms with Gasteiger partial charge in [0.15, 0.2) is 0 Å². The molecular formula is C19H17ClN4O. The van der Waals surface area contributed by atoms with Crippen LogP contribution in [0.5, 0.6) is 0 Å². The molecule has 0 spiro atoms. The molecule has 0 saturated heterocycles. The predicted octanol–water partition coefficient (Wildman–Crippen LogP) is 4.69. The molecule has 0 radical (unpaired) electrons. The lowest BCUT2D eigenvalue weighted by atomic mass is 10.1. The molecule has 0 aliphatic heterocycles. The molecule has 1 heterocycles. The first-order valence-corrected chi connectivity index (χ1v) is 8.28. The largest absolute Gasteiger partial charge is 0.324 e. The molecule has 5 nitrogen and oxygen atoms in total. The average molecular weight is 353 g/mol. The number of nitrogens with zero attached hydrogens (tertiary/aromatic N) is 2. The average Bonchev–Trinajstić information content (AvgIpc) is 2.64. The summed E-state index contributed by atoms with van der Waals surface area (Å²) in [5.74, 6) is 0.0575. The van der Waals surface area contributed by atoms with Crippen molar-refractivity contribution in [2.75, 3.05) is 10.6 Å². The van der Waals surface area contributed by atoms with Crippen molar-refractivity contribution in [1.29, 1.82) is 0 Å². The van der Waals surface area contributed by atoms with Gasteiger partial charge in [0.05, 0.1) is 0 Å². The molecule has 0 atom stereocenters. The topological polar surface area (TPSA) is 66.9 Å². The zero-order valence-electron chi connectivity index (χ0n) is 13.7. The van der Waals surface area contributed by atoms with E-state index in [4.69, 9.17) is 11.6 Å². The van der Waals surface area contributed by atoms with E-state index in [0.29, 0.717) is 11.0 Å². The Kier molecular flexibility index (Phi) is 5.26. The molecule has 2 N–H and O–H groups in total. The molecule has 0 saturated carbocycles. The standard InChI is InChI=1S/C19H17ClN4O/c1-2-13-3-7-15(8-4-13)22-18(25)17-11-12-21-19(24-17)23-16-9-5-14(20)6-10-16/h3-12H,2H2,1H3,(H,22,25)(H,21,23,24). The van der Waals surface area contributed by atoms with Crippen molar-refractivity contribution in [3.8, 4) is 0 Å². The maximum absolute atomic E-state index is 12.4. The number of aromatic nitrogens is 2. The van der Waals surface area contributed by atoms with E-state index in [2.05, 4.69) is 27.5 Å². The van der Waals surface area contributed by atoms with Crippen molar-refractivity contribution in [3.63, 3.8) is 0 Å². The summed E-state index contributed by atoms with van der Waals surface area (Å²) in [5.41, 5.74) is 3.02. The van der Waals surface area contributed by atoms with E-state index in [0.717, 1.165) is 17.8 Å². The lowest BCUT2D eigenvalue weighted by molar-refractivity contribution is 0.102. The van der Waals surface area contributed by atoms with Gasteiger partial charge in [-0.05, 0) is 54.4 Å². The Morgan fingerprint density at radius 2 is 1.68 bits per heavy atom. The van der Waals surface area contributed by atoms with Gasteiger partial charge in [-0.25, -0.2) is 9.97 Å². The smallest absolute Gasteiger partial charge is 0.274 e. The maximum atomic E-state index is 12.4. The molecule has 6 heteroatoms. The summed E-state index contributed by atoms with van der Waals surface area (Å²) in [6.45, 7) is 2.09. The first-order valence-electron chi connectivity index (χ1n) is 7.90. The number of hydrogen-bond donors (Lipinski definition) is 2. The Morgan fingerprint density at radius 3 is 2.36 bits per heavy atom. The van der Waals surface area contributed by atoms with Gasteiger partial charge in [-0.1, -0.05) is 30.7 Å². The van der Waals surface area contributed by atoms with Crippen LogP contribution in [0.4, 0.5) is 17.3 Å². The number of rotatable bonds is 5. The van der Waals surface area contributed by atoms with Crippen LogP contribution in [0.3, 0.4) is 0 Å². The van der Waals surface area contributed by atoms with Gasteiger partial charge in [0, 0.05) is 22.6 Å². The second kappa shape index (κ2) is 7.77. The number of benzene rings is 2. The van der Waals surface area contributed by atoms with Crippen LogP contribution >= 0.6 is 11.6 Å². The fraction of sp³-hybridized carbons (Fsp3) is 0.105. The van der Waals surface area contributed by atoms with Crippen LogP contribution < -0.4 is 10.6 Å². The Labute approximate surface area is 151 Å². The zero-order valence-corrected chi connectivity index (χ0v) is 14.4. The molecule has 0 fully saturated rings. The third-order valence-electron chi connectivity index (χ3n) is 3.61. The minimum Gasteiger partial charge on any atom is -0.324 e. The summed E-state index contributed by atoms with van der Waals surface area (Å²) in [5, 5.41) is 6.53. The van der Waals surface area contributed by atoms with Crippen LogP contribution in [0, 0.1) is 0 Å². The summed E-state index contributed by atoms with van der Waals surface area (Å²) >= 11 is 5.87. The number of anilines is 3. The van der Waals surface area contributed by atoms with Crippen LogP contribution in [0.15, 0.2) is 60.8 Å². The Morgan fingerprint density at radius 1 is 1.00 bits per heavy atom. The molecule has 2 aromatic carbocycles. The number of aryl methyl sites for hydroxylation is 1. The Balaban J connectivity index is 1.71. The highest BCUT2D eigenvalue weighted by Crippen LogP contribution is 2.17. The number of nitrogens with one attached hydrogen (secondary N) is 2. The second-order valence-corrected chi connectivity index (χ2v) is 5.84. The van der Waals surface area contributed by atoms with Crippen molar-refractivity contribution in [2.45, 2.75) is 13.3 Å². The van der Waals surface area contributed by atoms with Crippen molar-refractivity contribution in [1.82, 2.24) is 9.97 Å². The summed E-state index contributed by atoms with van der Waals surface area (Å²) < 4.78 is 0. The summed E-state index contributed by atoms with van der Waals surface area (Å²) in [4.78, 5) is 20.8. The highest BCUT2D eigenvalue weighted by Gasteiger charge is 2.09. The van der Waals surface area contributed by atoms with Gasteiger partial charge in [-0.15, -0.1) is 0 Å². The van der Waals surface area contributed by atoms with Gasteiger partial charge in [0.25, 0.3) is 5.91 Å². The molecule has 0 unspecified atom stereocenters. The highest BCUT2D eigenvalue weighted by atomic mass is 35.5. The molecule has 1 amide bonds. The van der Waals surface area contributed by atoms with Crippen molar-refractivity contribution in [2.24, 2.45) is 0 Å². The van der Waals surface area contributed by atoms with Gasteiger partial charge in [0.1, 0.15) is 5.69 Å². The fourth-order valence-corrected chi connectivity index (χ4v) is 2.35. The van der Waals surface area contributed by atoms with Gasteiger partial charge in [-0.2, -0.15) is 0 Å². The van der Waals surface area contributed by atoms with Crippen LogP contribution in [-0.2, 0) is 6.42 Å². The summed E-state index contributed by atoms with van der Waals surface area (Å²) in [7, 11) is 0. The third kappa shape index (κ3) is 4.55. The van der Waals surface area contributed by atoms with Crippen molar-refractivity contribution < 1.29 is 4.79 Å². The van der Waals surface area contributed by atoms with E-state index in [-0.39, 0.29) is 11.6 Å². The monoisotopic (exact) mass is 352 g/mol. The van der Waals surface area contributed by atoms with E-state index in [1.54, 1.807) is 24.4 Å². The molecule has 126 valence electrons. The van der Waals surface area contributed by atoms with Gasteiger partial charge in [-0.3, -0.25) is 4.79 Å². The summed E-state index contributed by atoms with van der Waals surface area (Å²) in [6.07, 6.45) is 2.50. The van der Waals surface area contributed by atoms with Crippen LogP contribution in [0.2, 0.25) is 5.02 Å². The Hall–Kier alpha value is -2.92. The second-order valence-electron chi connectivity index (χ2n) is 5.40. The van der Waals surface area contributed by atoms with E-state index in [1.165, 1.54) is 5.56 Å². The number of halogens is 1. The quantitative estimate of drug-likeness (QED) is 0.699. The van der Waals surface area contributed by atoms with Crippen molar-refractivity contribution >= 4 is 34.8 Å². The molecule has 1 aromatic heterocycles. The molecule has 0 aliphatic rings. The van der Waals surface area contributed by atoms with Gasteiger partial charge < -0.3 is 10.6 Å². The van der Waals surface area contributed by atoms with Crippen molar-refractivity contribution in [3.05, 3.63) is 77.1 Å². The summed E-state index contributed by atoms with van der Waals surface area (Å²) in [6, 6.07) is 16.5. The normalized spacial score (nSPS) is 10.3. The lowest BCUT2D eigenvalue weighted by Crippen LogP contribution is -2.14. The number of carbonyl (C=O) groups excluding carboxylic acids is 1. The molecule has 25 heavy (non-hydrogen) atoms.